The lowest BCUT2D eigenvalue weighted by Gasteiger charge is -2.75. The number of aldehydes is 1. The highest BCUT2D eigenvalue weighted by Crippen LogP contribution is 2.80. The molecule has 5 aliphatic heterocycles. The lowest BCUT2D eigenvalue weighted by atomic mass is 9.30. The number of hydrogen-bond acceptors (Lipinski definition) is 23. The van der Waals surface area contributed by atoms with E-state index in [1.54, 1.807) is 0 Å². The number of aliphatic hydroxyl groups is 13. The van der Waals surface area contributed by atoms with Crippen molar-refractivity contribution in [2.45, 2.75) is 253 Å². The van der Waals surface area contributed by atoms with E-state index in [1.807, 2.05) is 6.92 Å². The van der Waals surface area contributed by atoms with E-state index in [0.717, 1.165) is 44.8 Å². The van der Waals surface area contributed by atoms with Crippen molar-refractivity contribution in [2.75, 3.05) is 26.4 Å². The second-order valence-corrected chi connectivity index (χ2v) is 26.7. The maximum Gasteiger partial charge on any atom is 0.187 e. The Kier molecular flexibility index (Phi) is 16.0. The van der Waals surface area contributed by atoms with Gasteiger partial charge < -0.3 is 114 Å². The van der Waals surface area contributed by atoms with Gasteiger partial charge in [-0.3, -0.25) is 0 Å². The average Bonchev–Trinajstić information content (AvgIpc) is 3.76. The molecule has 0 amide bonds. The van der Waals surface area contributed by atoms with Crippen molar-refractivity contribution < 1.29 is 114 Å². The minimum Gasteiger partial charge on any atom is -0.394 e. The van der Waals surface area contributed by atoms with E-state index >= 15 is 0 Å². The smallest absolute Gasteiger partial charge is 0.187 e. The molecule has 0 aromatic rings. The molecule has 0 aromatic heterocycles. The van der Waals surface area contributed by atoms with Crippen molar-refractivity contribution >= 4 is 6.29 Å². The van der Waals surface area contributed by atoms with Gasteiger partial charge in [-0.1, -0.05) is 41.5 Å². The van der Waals surface area contributed by atoms with E-state index in [1.165, 1.54) is 6.92 Å². The largest absolute Gasteiger partial charge is 0.394 e. The predicted octanol–water partition coefficient (Wildman–Crippen LogP) is -2.14. The topological polar surface area (TPSA) is 363 Å². The molecular formula is C54H88O23. The Morgan fingerprint density at radius 3 is 1.69 bits per heavy atom. The number of ether oxygens (including phenoxy) is 9. The van der Waals surface area contributed by atoms with Crippen LogP contribution < -0.4 is 0 Å². The Balaban J connectivity index is 0.968. The number of rotatable bonds is 12. The molecule has 1 spiro atoms. The van der Waals surface area contributed by atoms with Crippen molar-refractivity contribution in [2.24, 2.45) is 50.2 Å². The fourth-order valence-corrected chi connectivity index (χ4v) is 17.9. The van der Waals surface area contributed by atoms with Gasteiger partial charge in [0.15, 0.2) is 25.2 Å². The molecule has 442 valence electrons. The summed E-state index contributed by atoms with van der Waals surface area (Å²) in [5.41, 5.74) is -2.95. The number of hydrogen-bond donors (Lipinski definition) is 13. The van der Waals surface area contributed by atoms with Gasteiger partial charge in [-0.25, -0.2) is 0 Å². The van der Waals surface area contributed by atoms with Crippen LogP contribution in [0.1, 0.15) is 113 Å². The summed E-state index contributed by atoms with van der Waals surface area (Å²) in [6.45, 7) is 12.8. The molecule has 23 nitrogen and oxygen atoms in total. The van der Waals surface area contributed by atoms with Crippen LogP contribution in [0.4, 0.5) is 0 Å². The van der Waals surface area contributed by atoms with Crippen molar-refractivity contribution in [1.29, 1.82) is 0 Å². The van der Waals surface area contributed by atoms with Crippen LogP contribution in [0.3, 0.4) is 0 Å². The standard InChI is InChI=1S/C54H88O23/c1-23-32(60)36(64)39(67)44(70-23)76-42-38(66)34(62)25(19-56)72-46(42)77-43-41(75-45-40(68)37(65)33(61)24(18-55)71-45)35(63)26(20-57)73-47(43)74-31-10-11-50(5)27(48(31,2)3)8-12-51(6)28(50)9-13-54-29-16-49(4,21-58)14-15-53(29,22-69-54)30(59)17-52(51,54)7/h21,23-47,55-57,59-68H,8-20,22H2,1-7H3/t23-,24-,25-,26-,27+,28-,29-,30+,31+,32-,33+,34-,35+,36-,37-,38-,39-,40-,41+,42-,43-,44+,45+,46-,47+,49+,50-,51+,52-,53+,54-/m0/s1. The summed E-state index contributed by atoms with van der Waals surface area (Å²) in [6, 6.07) is 0. The van der Waals surface area contributed by atoms with Crippen molar-refractivity contribution in [3.05, 3.63) is 0 Å². The molecule has 2 bridgehead atoms. The first-order chi connectivity index (χ1) is 36.2. The first kappa shape index (κ1) is 59.0. The maximum atomic E-state index is 12.6. The molecule has 5 saturated carbocycles. The summed E-state index contributed by atoms with van der Waals surface area (Å²) < 4.78 is 57.1. The van der Waals surface area contributed by atoms with Gasteiger partial charge in [-0.05, 0) is 105 Å². The van der Waals surface area contributed by atoms with Gasteiger partial charge in [0.05, 0.1) is 50.3 Å². The molecule has 10 fully saturated rings. The summed E-state index contributed by atoms with van der Waals surface area (Å²) >= 11 is 0. The van der Waals surface area contributed by atoms with Gasteiger partial charge in [0.25, 0.3) is 0 Å². The SMILES string of the molecule is C[C@@H]1O[C@H](O[C@@H]2[C@H](O[C@@H]3[C@@H](O[C@@H]4CC[C@@]5(C)[C@H](CC[C@]6(C)[C@H]5CC[C@]57OC[C@@]8(CC[C@@](C)(C=O)C[C@@H]85)[C@H](O)C[C@]76C)C4(C)C)O[C@@H](CO)[C@@H](O)[C@H]3O[C@H]3O[C@@H](CO)[C@@H](O)[C@H](O)[C@@H]3O)O[C@@H](CO)[C@H](O)[C@@H]2O)[C@@H](O)[C@@H](O)[C@H]1O. The van der Waals surface area contributed by atoms with Crippen LogP contribution in [0.25, 0.3) is 0 Å². The minimum absolute atomic E-state index is 0.0394. The Hall–Kier alpha value is -1.21. The van der Waals surface area contributed by atoms with Gasteiger partial charge in [-0.15, -0.1) is 0 Å². The quantitative estimate of drug-likeness (QED) is 0.0732. The molecule has 5 saturated heterocycles. The molecule has 31 atom stereocenters. The predicted molar refractivity (Wildman–Crippen MR) is 261 cm³/mol. The number of carbonyl (C=O) groups is 1. The van der Waals surface area contributed by atoms with Crippen molar-refractivity contribution in [1.82, 2.24) is 0 Å². The van der Waals surface area contributed by atoms with Crippen molar-refractivity contribution in [3.8, 4) is 0 Å². The molecule has 23 heteroatoms. The fraction of sp³-hybridized carbons (Fsp3) is 0.981. The Labute approximate surface area is 449 Å². The first-order valence-electron chi connectivity index (χ1n) is 28.1. The molecular weight excluding hydrogens is 1020 g/mol. The average molecular weight is 1110 g/mol. The van der Waals surface area contributed by atoms with Crippen LogP contribution in [0.2, 0.25) is 0 Å². The molecule has 0 radical (unpaired) electrons. The van der Waals surface area contributed by atoms with E-state index in [4.69, 9.17) is 42.6 Å². The Bertz CT molecular complexity index is 2110. The second-order valence-electron chi connectivity index (χ2n) is 26.7. The van der Waals surface area contributed by atoms with E-state index in [9.17, 15) is 71.2 Å². The second kappa shape index (κ2) is 20.8. The van der Waals surface area contributed by atoms with Gasteiger partial charge in [0, 0.05) is 16.2 Å². The lowest BCUT2D eigenvalue weighted by Crippen LogP contribution is -2.74. The van der Waals surface area contributed by atoms with Crippen LogP contribution in [0, 0.1) is 50.2 Å². The maximum absolute atomic E-state index is 12.6. The molecule has 10 rings (SSSR count). The van der Waals surface area contributed by atoms with Gasteiger partial charge in [0.2, 0.25) is 0 Å². The zero-order chi connectivity index (χ0) is 55.9. The van der Waals surface area contributed by atoms with E-state index < -0.39 is 177 Å². The zero-order valence-electron chi connectivity index (χ0n) is 45.3. The van der Waals surface area contributed by atoms with Crippen LogP contribution in [-0.4, -0.2) is 240 Å². The van der Waals surface area contributed by atoms with Gasteiger partial charge >= 0.3 is 0 Å². The third-order valence-electron chi connectivity index (χ3n) is 22.7. The number of carbonyl (C=O) groups excluding carboxylic acids is 1. The molecule has 0 unspecified atom stereocenters. The van der Waals surface area contributed by atoms with Crippen LogP contribution in [-0.2, 0) is 47.4 Å². The van der Waals surface area contributed by atoms with Crippen LogP contribution in [0.15, 0.2) is 0 Å². The summed E-state index contributed by atoms with van der Waals surface area (Å²) in [7, 11) is 0. The summed E-state index contributed by atoms with van der Waals surface area (Å²) in [5.74, 6) is 0.276. The lowest BCUT2D eigenvalue weighted by molar-refractivity contribution is -0.411. The molecule has 10 aliphatic rings. The molecule has 13 N–H and O–H groups in total. The van der Waals surface area contributed by atoms with E-state index in [2.05, 4.69) is 34.6 Å². The highest BCUT2D eigenvalue weighted by atomic mass is 16.8. The molecule has 0 aromatic carbocycles. The summed E-state index contributed by atoms with van der Waals surface area (Å²) in [4.78, 5) is 12.6. The Morgan fingerprint density at radius 2 is 1.05 bits per heavy atom. The van der Waals surface area contributed by atoms with Crippen LogP contribution in [0.5, 0.6) is 0 Å². The van der Waals surface area contributed by atoms with E-state index in [-0.39, 0.29) is 34.0 Å². The minimum atomic E-state index is -1.98. The van der Waals surface area contributed by atoms with Gasteiger partial charge in [-0.2, -0.15) is 0 Å². The monoisotopic (exact) mass is 1100 g/mol. The normalized spacial score (nSPS) is 58.3. The van der Waals surface area contributed by atoms with Crippen molar-refractivity contribution in [3.63, 3.8) is 0 Å². The third-order valence-corrected chi connectivity index (χ3v) is 22.7. The molecule has 5 aliphatic carbocycles. The highest BCUT2D eigenvalue weighted by molar-refractivity contribution is 5.59. The highest BCUT2D eigenvalue weighted by Gasteiger charge is 2.80. The summed E-state index contributed by atoms with van der Waals surface area (Å²) in [5, 5.41) is 143. The summed E-state index contributed by atoms with van der Waals surface area (Å²) in [6.07, 6.45) is -27.5. The molecule has 77 heavy (non-hydrogen) atoms. The zero-order valence-corrected chi connectivity index (χ0v) is 45.3. The Morgan fingerprint density at radius 1 is 0.506 bits per heavy atom. The van der Waals surface area contributed by atoms with Crippen LogP contribution >= 0.6 is 0 Å². The molecule has 5 heterocycles. The number of fused-ring (bicyclic) bond motifs is 4. The number of aliphatic hydroxyl groups excluding tert-OH is 13. The van der Waals surface area contributed by atoms with E-state index in [0.29, 0.717) is 32.3 Å². The first-order valence-corrected chi connectivity index (χ1v) is 28.1. The fourth-order valence-electron chi connectivity index (χ4n) is 17.9. The third kappa shape index (κ3) is 8.83. The van der Waals surface area contributed by atoms with Gasteiger partial charge in [0.1, 0.15) is 97.8 Å².